The maximum atomic E-state index is 13.4. The maximum Gasteiger partial charge on any atom is 0 e. The molecular formula is C26H19Fe2OP-8. The van der Waals surface area contributed by atoms with Crippen LogP contribution in [-0.2, 0) is 38.7 Å². The number of hydrogen-bond acceptors (Lipinski definition) is 1. The summed E-state index contributed by atoms with van der Waals surface area (Å²) in [5.41, 5.74) is 0. The van der Waals surface area contributed by atoms with Gasteiger partial charge in [0.25, 0.3) is 0 Å². The average Bonchev–Trinajstić information content (AvgIpc) is 3.59. The number of rotatable bonds is 3. The Morgan fingerprint density at radius 3 is 1.53 bits per heavy atom. The van der Waals surface area contributed by atoms with Crippen molar-refractivity contribution in [2.24, 2.45) is 0 Å². The van der Waals surface area contributed by atoms with Gasteiger partial charge in [0.1, 0.15) is 0 Å². The predicted octanol–water partition coefficient (Wildman–Crippen LogP) is 4.77. The molecule has 0 aromatic heterocycles. The van der Waals surface area contributed by atoms with Gasteiger partial charge in [-0.1, -0.05) is 37.5 Å². The third kappa shape index (κ3) is 6.99. The van der Waals surface area contributed by atoms with Crippen LogP contribution in [0.3, 0.4) is 0 Å². The molecule has 158 valence electrons. The summed E-state index contributed by atoms with van der Waals surface area (Å²) in [4.78, 5) is 0. The smallest absolute Gasteiger partial charge is 0 e. The van der Waals surface area contributed by atoms with Gasteiger partial charge in [-0.15, -0.1) is 5.30 Å². The Bertz CT molecular complexity index is 915. The summed E-state index contributed by atoms with van der Waals surface area (Å²) >= 11 is 0. The van der Waals surface area contributed by atoms with Crippen molar-refractivity contribution >= 4 is 23.1 Å². The minimum Gasteiger partial charge on any atom is -0.998 e. The minimum absolute atomic E-state index is 0. The van der Waals surface area contributed by atoms with E-state index in [0.717, 1.165) is 10.6 Å². The van der Waals surface area contributed by atoms with E-state index >= 15 is 0 Å². The third-order valence-corrected chi connectivity index (χ3v) is 6.88. The summed E-state index contributed by atoms with van der Waals surface area (Å²) in [6.07, 6.45) is 0. The molecule has 0 heterocycles. The first-order chi connectivity index (χ1) is 13.8. The molecule has 4 heteroatoms. The van der Waals surface area contributed by atoms with Crippen LogP contribution in [0, 0.1) is 24.3 Å². The first-order valence-electron chi connectivity index (χ1n) is 8.92. The third-order valence-electron chi connectivity index (χ3n) is 3.98. The molecule has 5 aromatic rings. The average molecular weight is 490 g/mol. The van der Waals surface area contributed by atoms with E-state index in [4.69, 9.17) is 0 Å². The van der Waals surface area contributed by atoms with Gasteiger partial charge in [-0.2, -0.15) is 48.5 Å². The van der Waals surface area contributed by atoms with Crippen LogP contribution in [0.5, 0.6) is 0 Å². The second-order valence-electron chi connectivity index (χ2n) is 5.86. The molecule has 0 radical (unpaired) electrons. The molecule has 0 spiro atoms. The molecule has 30 heavy (non-hydrogen) atoms. The van der Waals surface area contributed by atoms with Crippen LogP contribution in [0.2, 0.25) is 0 Å². The van der Waals surface area contributed by atoms with E-state index in [1.165, 1.54) is 0 Å². The van der Waals surface area contributed by atoms with Crippen LogP contribution in [0.25, 0.3) is 0 Å². The molecule has 1 atom stereocenters. The summed E-state index contributed by atoms with van der Waals surface area (Å²) in [6, 6.07) is 48.1. The van der Waals surface area contributed by atoms with Crippen LogP contribution in [0.1, 0.15) is 0 Å². The summed E-state index contributed by atoms with van der Waals surface area (Å²) in [5, 5.41) is 2.13. The van der Waals surface area contributed by atoms with Crippen molar-refractivity contribution in [3.8, 4) is 0 Å². The normalized spacial score (nSPS) is 11.2. The second-order valence-corrected chi connectivity index (χ2v) is 8.56. The molecule has 0 bridgehead atoms. The van der Waals surface area contributed by atoms with Crippen molar-refractivity contribution in [1.82, 2.24) is 0 Å². The van der Waals surface area contributed by atoms with E-state index in [1.54, 1.807) is 0 Å². The Kier molecular flexibility index (Phi) is 12.1. The van der Waals surface area contributed by atoms with E-state index in [1.807, 2.05) is 115 Å². The molecule has 1 nitrogen and oxygen atoms in total. The van der Waals surface area contributed by atoms with Crippen LogP contribution >= 0.6 is 7.14 Å². The maximum absolute atomic E-state index is 13.4. The van der Waals surface area contributed by atoms with Crippen LogP contribution in [0.15, 0.2) is 115 Å². The van der Waals surface area contributed by atoms with Crippen molar-refractivity contribution < 1.29 is 38.7 Å². The molecule has 0 fully saturated rings. The van der Waals surface area contributed by atoms with Crippen LogP contribution in [0.4, 0.5) is 0 Å². The van der Waals surface area contributed by atoms with Gasteiger partial charge in [-0.05, 0) is 5.30 Å². The predicted molar refractivity (Wildman–Crippen MR) is 116 cm³/mol. The minimum atomic E-state index is -2.85. The van der Waals surface area contributed by atoms with Crippen molar-refractivity contribution in [2.75, 3.05) is 0 Å². The Balaban J connectivity index is 0.000000310. The molecule has 5 aromatic carbocycles. The van der Waals surface area contributed by atoms with Crippen molar-refractivity contribution in [2.45, 2.75) is 0 Å². The van der Waals surface area contributed by atoms with Gasteiger partial charge in [0.15, 0.2) is 0 Å². The number of benzene rings is 1. The fourth-order valence-corrected chi connectivity index (χ4v) is 5.06. The standard InChI is InChI=1S/C16H9OP.2C5H5.2Fe/c17-18(15-10-4-5-11-15,16-12-6-7-13-16)14-8-2-1-3-9-14;2*1-2-4-5-3-1;;/h1-5,8-11H;2*1-5H;;/q-6;2*-1;;. The van der Waals surface area contributed by atoms with E-state index < -0.39 is 7.14 Å². The SMILES string of the molecule is O=P(c1ccccc1)([c-]1[c-][c-][c-][c-]1)[c-]1cccc1.[Fe].[Fe].c1cc[cH-]c1.c1cc[cH-]c1. The van der Waals surface area contributed by atoms with Crippen molar-refractivity contribution in [3.63, 3.8) is 0 Å². The zero-order chi connectivity index (χ0) is 19.5. The van der Waals surface area contributed by atoms with Gasteiger partial charge in [-0.25, -0.2) is 36.4 Å². The molecule has 0 aliphatic rings. The number of hydrogen-bond donors (Lipinski definition) is 0. The molecule has 0 amide bonds. The van der Waals surface area contributed by atoms with Crippen LogP contribution < -0.4 is 15.9 Å². The largest absolute Gasteiger partial charge is 0.998 e. The van der Waals surface area contributed by atoms with Gasteiger partial charge in [0, 0.05) is 34.1 Å². The van der Waals surface area contributed by atoms with Gasteiger partial charge in [0.2, 0.25) is 0 Å². The Morgan fingerprint density at radius 2 is 1.13 bits per heavy atom. The second kappa shape index (κ2) is 14.0. The summed E-state index contributed by atoms with van der Waals surface area (Å²) in [7, 11) is -2.85. The first kappa shape index (κ1) is 25.9. The zero-order valence-corrected chi connectivity index (χ0v) is 19.1. The monoisotopic (exact) mass is 490 g/mol. The van der Waals surface area contributed by atoms with E-state index in [9.17, 15) is 4.57 Å². The summed E-state index contributed by atoms with van der Waals surface area (Å²) in [5.74, 6) is 0. The zero-order valence-electron chi connectivity index (χ0n) is 16.0. The molecule has 0 saturated heterocycles. The molecule has 0 aliphatic carbocycles. The van der Waals surface area contributed by atoms with Crippen molar-refractivity contribution in [1.29, 1.82) is 0 Å². The van der Waals surface area contributed by atoms with Gasteiger partial charge in [0.05, 0.1) is 0 Å². The molecule has 0 N–H and O–H groups in total. The van der Waals surface area contributed by atoms with Gasteiger partial charge >= 0.3 is 0 Å². The Labute approximate surface area is 200 Å². The van der Waals surface area contributed by atoms with Crippen molar-refractivity contribution in [3.05, 3.63) is 140 Å². The van der Waals surface area contributed by atoms with Crippen LogP contribution in [-0.4, -0.2) is 0 Å². The Morgan fingerprint density at radius 1 is 0.667 bits per heavy atom. The molecular weight excluding hydrogens is 471 g/mol. The fourth-order valence-electron chi connectivity index (χ4n) is 2.63. The molecule has 5 rings (SSSR count). The first-order valence-corrected chi connectivity index (χ1v) is 10.6. The Hall–Kier alpha value is -2.11. The summed E-state index contributed by atoms with van der Waals surface area (Å²) < 4.78 is 13.4. The van der Waals surface area contributed by atoms with E-state index in [-0.39, 0.29) is 34.1 Å². The fraction of sp³-hybridized carbons (Fsp3) is 0. The van der Waals surface area contributed by atoms with Gasteiger partial charge in [-0.3, -0.25) is 0 Å². The van der Waals surface area contributed by atoms with Gasteiger partial charge < -0.3 is 34.1 Å². The summed E-state index contributed by atoms with van der Waals surface area (Å²) in [6.45, 7) is 0. The molecule has 0 aliphatic heterocycles. The topological polar surface area (TPSA) is 17.1 Å². The molecule has 1 unspecified atom stereocenters. The molecule has 0 saturated carbocycles. The van der Waals surface area contributed by atoms with E-state index in [0.29, 0.717) is 5.30 Å². The van der Waals surface area contributed by atoms with E-state index in [2.05, 4.69) is 24.3 Å². The quantitative estimate of drug-likeness (QED) is 0.203.